The quantitative estimate of drug-likeness (QED) is 0.705. The van der Waals surface area contributed by atoms with Gasteiger partial charge in [0.05, 0.1) is 18.7 Å². The van der Waals surface area contributed by atoms with Crippen molar-refractivity contribution in [2.45, 2.75) is 38.4 Å². The predicted octanol–water partition coefficient (Wildman–Crippen LogP) is 5.22. The Labute approximate surface area is 167 Å². The van der Waals surface area contributed by atoms with Crippen LogP contribution in [0.2, 0.25) is 0 Å². The van der Waals surface area contributed by atoms with Gasteiger partial charge in [-0.3, -0.25) is 9.88 Å². The number of methoxy groups -OCH3 is 1. The lowest BCUT2D eigenvalue weighted by Gasteiger charge is -2.37. The average molecular weight is 401 g/mol. The molecule has 144 valence electrons. The Balaban J connectivity index is 0.00000121. The second-order valence-electron chi connectivity index (χ2n) is 7.19. The van der Waals surface area contributed by atoms with E-state index in [2.05, 4.69) is 16.8 Å². The van der Waals surface area contributed by atoms with Crippen LogP contribution in [-0.2, 0) is 0 Å². The molecule has 3 fully saturated rings. The van der Waals surface area contributed by atoms with E-state index in [4.69, 9.17) is 4.74 Å². The molecule has 1 unspecified atom stereocenters. The Hall–Kier alpha value is -1.10. The summed E-state index contributed by atoms with van der Waals surface area (Å²) in [5, 5.41) is 1.02. The fourth-order valence-corrected chi connectivity index (χ4v) is 4.70. The van der Waals surface area contributed by atoms with E-state index in [1.807, 2.05) is 30.5 Å². The van der Waals surface area contributed by atoms with Crippen LogP contribution in [-0.4, -0.2) is 36.3 Å². The van der Waals surface area contributed by atoms with Crippen molar-refractivity contribution in [2.75, 3.05) is 20.2 Å². The number of halogens is 3. The van der Waals surface area contributed by atoms with Gasteiger partial charge in [-0.1, -0.05) is 13.3 Å². The predicted molar refractivity (Wildman–Crippen MR) is 109 cm³/mol. The summed E-state index contributed by atoms with van der Waals surface area (Å²) in [6.45, 7) is 4.25. The summed E-state index contributed by atoms with van der Waals surface area (Å²) in [5.74, 6) is 1.96. The molecule has 0 saturated carbocycles. The Morgan fingerprint density at radius 2 is 2.08 bits per heavy atom. The lowest BCUT2D eigenvalue weighted by molar-refractivity contribution is 0.0996. The molecule has 3 aliphatic rings. The third-order valence-corrected chi connectivity index (χ3v) is 6.01. The molecule has 2 aromatic rings. The van der Waals surface area contributed by atoms with Crippen molar-refractivity contribution in [3.63, 3.8) is 0 Å². The van der Waals surface area contributed by atoms with Crippen molar-refractivity contribution >= 4 is 35.7 Å². The molecule has 1 aromatic heterocycles. The third kappa shape index (κ3) is 3.64. The van der Waals surface area contributed by atoms with E-state index in [1.54, 1.807) is 7.11 Å². The van der Waals surface area contributed by atoms with Gasteiger partial charge in [-0.25, -0.2) is 4.39 Å². The number of benzene rings is 1. The molecule has 3 aliphatic heterocycles. The summed E-state index contributed by atoms with van der Waals surface area (Å²) in [6, 6.07) is 7.71. The summed E-state index contributed by atoms with van der Waals surface area (Å²) in [4.78, 5) is 6.83. The first-order valence-corrected chi connectivity index (χ1v) is 9.02. The number of fused-ring (bicyclic) bond motifs is 5. The van der Waals surface area contributed by atoms with Crippen molar-refractivity contribution < 1.29 is 9.13 Å². The van der Waals surface area contributed by atoms with E-state index < -0.39 is 6.17 Å². The number of aromatic nitrogens is 1. The Morgan fingerprint density at radius 3 is 2.81 bits per heavy atom. The smallest absolute Gasteiger partial charge is 0.120 e. The molecule has 0 radical (unpaired) electrons. The molecule has 0 amide bonds. The molecule has 26 heavy (non-hydrogen) atoms. The van der Waals surface area contributed by atoms with Crippen molar-refractivity contribution in [3.05, 3.63) is 36.0 Å². The van der Waals surface area contributed by atoms with E-state index in [-0.39, 0.29) is 30.9 Å². The molecule has 5 rings (SSSR count). The molecular weight excluding hydrogens is 374 g/mol. The van der Waals surface area contributed by atoms with Gasteiger partial charge in [-0.2, -0.15) is 0 Å². The molecule has 0 spiro atoms. The zero-order chi connectivity index (χ0) is 16.7. The topological polar surface area (TPSA) is 25.4 Å². The number of hydrogen-bond acceptors (Lipinski definition) is 3. The molecule has 1 aromatic carbocycles. The van der Waals surface area contributed by atoms with Gasteiger partial charge < -0.3 is 4.74 Å². The van der Waals surface area contributed by atoms with Gasteiger partial charge in [-0.05, 0) is 61.1 Å². The van der Waals surface area contributed by atoms with Gasteiger partial charge in [0.2, 0.25) is 0 Å². The van der Waals surface area contributed by atoms with Crippen LogP contribution in [0, 0.1) is 11.8 Å². The Kier molecular flexibility index (Phi) is 7.12. The lowest BCUT2D eigenvalue weighted by atomic mass is 9.83. The van der Waals surface area contributed by atoms with Crippen LogP contribution in [0.4, 0.5) is 4.39 Å². The number of rotatable bonds is 3. The molecule has 2 bridgehead atoms. The summed E-state index contributed by atoms with van der Waals surface area (Å²) in [5.41, 5.74) is 1.97. The maximum Gasteiger partial charge on any atom is 0.120 e. The molecule has 0 aliphatic carbocycles. The molecule has 4 heterocycles. The summed E-state index contributed by atoms with van der Waals surface area (Å²) < 4.78 is 20.6. The van der Waals surface area contributed by atoms with E-state index in [9.17, 15) is 0 Å². The number of piperidine rings is 1. The highest BCUT2D eigenvalue weighted by Crippen LogP contribution is 2.44. The van der Waals surface area contributed by atoms with Gasteiger partial charge in [0.1, 0.15) is 11.9 Å². The first-order chi connectivity index (χ1) is 11.7. The largest absolute Gasteiger partial charge is 0.497 e. The Bertz CT molecular complexity index is 745. The molecule has 3 nitrogen and oxygen atoms in total. The number of pyridine rings is 1. The maximum absolute atomic E-state index is 15.3. The number of alkyl halides is 1. The molecule has 5 atom stereocenters. The second-order valence-corrected chi connectivity index (χ2v) is 7.19. The minimum Gasteiger partial charge on any atom is -0.497 e. The average Bonchev–Trinajstić information content (AvgIpc) is 2.86. The summed E-state index contributed by atoms with van der Waals surface area (Å²) in [7, 11) is 1.66. The fourth-order valence-electron chi connectivity index (χ4n) is 4.70. The first kappa shape index (κ1) is 21.2. The van der Waals surface area contributed by atoms with Crippen LogP contribution in [0.3, 0.4) is 0 Å². The zero-order valence-electron chi connectivity index (χ0n) is 15.2. The van der Waals surface area contributed by atoms with Gasteiger partial charge in [0.25, 0.3) is 0 Å². The summed E-state index contributed by atoms with van der Waals surface area (Å²) in [6.07, 6.45) is 3.96. The lowest BCUT2D eigenvalue weighted by Crippen LogP contribution is -2.39. The number of hydrogen-bond donors (Lipinski definition) is 0. The normalized spacial score (nSPS) is 30.2. The van der Waals surface area contributed by atoms with E-state index in [0.29, 0.717) is 18.3 Å². The van der Waals surface area contributed by atoms with Crippen LogP contribution < -0.4 is 4.74 Å². The van der Waals surface area contributed by atoms with Crippen molar-refractivity contribution in [1.82, 2.24) is 9.88 Å². The van der Waals surface area contributed by atoms with Crippen LogP contribution in [0.25, 0.3) is 10.9 Å². The molecule has 0 N–H and O–H groups in total. The van der Waals surface area contributed by atoms with Gasteiger partial charge >= 0.3 is 0 Å². The number of ether oxygens (including phenoxy) is 1. The van der Waals surface area contributed by atoms with Crippen LogP contribution in [0.15, 0.2) is 30.5 Å². The van der Waals surface area contributed by atoms with E-state index >= 15 is 4.39 Å². The van der Waals surface area contributed by atoms with Crippen molar-refractivity contribution in [2.24, 2.45) is 11.8 Å². The van der Waals surface area contributed by atoms with Gasteiger partial charge in [0.15, 0.2) is 0 Å². The van der Waals surface area contributed by atoms with Crippen LogP contribution in [0.5, 0.6) is 5.75 Å². The van der Waals surface area contributed by atoms with Crippen LogP contribution in [0.1, 0.15) is 37.8 Å². The minimum absolute atomic E-state index is 0. The molecule has 3 saturated heterocycles. The van der Waals surface area contributed by atoms with Crippen molar-refractivity contribution in [1.29, 1.82) is 0 Å². The molecular formula is C20H27Cl2FN2O. The standard InChI is InChI=1S/C20H25FN2O.2ClH/c1-3-13-12-23-9-7-14(13)10-18(21)20(23)16-6-8-22-19-5-4-15(24-2)11-17(16)19;;/h4-6,8,11,13-14,18,20H,3,7,9-10,12H2,1-2H3;2*1H/t13-,14-,18+,20-;;/m0../s1. The Morgan fingerprint density at radius 1 is 1.27 bits per heavy atom. The molecule has 6 heteroatoms. The maximum atomic E-state index is 15.3. The SMILES string of the molecule is CC[C@H]1CN2CC[C@H]1C[C@@H](F)[C@@H]2c1ccnc2ccc(OC)cc12.Cl.Cl. The first-order valence-electron chi connectivity index (χ1n) is 9.02. The number of nitrogens with zero attached hydrogens (tertiary/aromatic N) is 2. The minimum atomic E-state index is -0.814. The van der Waals surface area contributed by atoms with Gasteiger partial charge in [0, 0.05) is 18.1 Å². The highest BCUT2D eigenvalue weighted by molar-refractivity contribution is 5.86. The zero-order valence-corrected chi connectivity index (χ0v) is 16.9. The highest BCUT2D eigenvalue weighted by Gasteiger charge is 2.42. The highest BCUT2D eigenvalue weighted by atomic mass is 35.5. The third-order valence-electron chi connectivity index (χ3n) is 6.01. The van der Waals surface area contributed by atoms with E-state index in [1.165, 1.54) is 0 Å². The summed E-state index contributed by atoms with van der Waals surface area (Å²) >= 11 is 0. The van der Waals surface area contributed by atoms with Crippen LogP contribution >= 0.6 is 24.8 Å². The van der Waals surface area contributed by atoms with E-state index in [0.717, 1.165) is 48.1 Å². The monoisotopic (exact) mass is 400 g/mol. The second kappa shape index (κ2) is 8.73. The fraction of sp³-hybridized carbons (Fsp3) is 0.550. The van der Waals surface area contributed by atoms with Gasteiger partial charge in [-0.15, -0.1) is 24.8 Å². The van der Waals surface area contributed by atoms with Crippen molar-refractivity contribution in [3.8, 4) is 5.75 Å².